The lowest BCUT2D eigenvalue weighted by atomic mass is 10.3. The van der Waals surface area contributed by atoms with Crippen molar-refractivity contribution in [3.8, 4) is 0 Å². The van der Waals surface area contributed by atoms with Gasteiger partial charge in [-0.1, -0.05) is 0 Å². The minimum atomic E-state index is 0.0595. The van der Waals surface area contributed by atoms with Gasteiger partial charge in [0.15, 0.2) is 0 Å². The molecule has 1 fully saturated rings. The quantitative estimate of drug-likeness (QED) is 0.833. The van der Waals surface area contributed by atoms with E-state index in [1.165, 1.54) is 0 Å². The number of piperazine rings is 1. The third-order valence-corrected chi connectivity index (χ3v) is 3.19. The summed E-state index contributed by atoms with van der Waals surface area (Å²) in [6.45, 7) is 8.04. The molecule has 0 atom stereocenters. The third-order valence-electron chi connectivity index (χ3n) is 3.19. The van der Waals surface area contributed by atoms with Crippen LogP contribution in [0, 0.1) is 0 Å². The molecule has 1 aliphatic rings. The van der Waals surface area contributed by atoms with Gasteiger partial charge in [0.25, 0.3) is 0 Å². The molecule has 0 aromatic carbocycles. The number of carbonyl (C=O) groups is 1. The van der Waals surface area contributed by atoms with Gasteiger partial charge in [-0.15, -0.1) is 0 Å². The van der Waals surface area contributed by atoms with E-state index in [4.69, 9.17) is 0 Å². The minimum absolute atomic E-state index is 0.0595. The normalized spacial score (nSPS) is 16.8. The molecule has 6 nitrogen and oxygen atoms in total. The van der Waals surface area contributed by atoms with Crippen molar-refractivity contribution in [2.75, 3.05) is 39.3 Å². The molecule has 0 radical (unpaired) electrons. The Bertz CT molecular complexity index is 357. The van der Waals surface area contributed by atoms with Crippen LogP contribution in [0.1, 0.15) is 6.92 Å². The van der Waals surface area contributed by atoms with Gasteiger partial charge in [-0.05, 0) is 13.0 Å². The van der Waals surface area contributed by atoms with Gasteiger partial charge in [0.1, 0.15) is 0 Å². The first-order chi connectivity index (χ1) is 8.79. The van der Waals surface area contributed by atoms with Gasteiger partial charge in [-0.3, -0.25) is 9.58 Å². The maximum absolute atomic E-state index is 11.6. The van der Waals surface area contributed by atoms with Crippen LogP contribution < -0.4 is 5.32 Å². The Balaban J connectivity index is 1.68. The van der Waals surface area contributed by atoms with Crippen molar-refractivity contribution >= 4 is 6.03 Å². The predicted octanol–water partition coefficient (Wildman–Crippen LogP) is 0.230. The first-order valence-corrected chi connectivity index (χ1v) is 6.52. The van der Waals surface area contributed by atoms with Crippen LogP contribution in [0.5, 0.6) is 0 Å². The van der Waals surface area contributed by atoms with E-state index >= 15 is 0 Å². The molecule has 0 saturated carbocycles. The zero-order chi connectivity index (χ0) is 12.8. The first kappa shape index (κ1) is 12.9. The lowest BCUT2D eigenvalue weighted by molar-refractivity contribution is 0.136. The number of aromatic nitrogens is 2. The second-order valence-electron chi connectivity index (χ2n) is 4.43. The molecule has 1 aliphatic heterocycles. The van der Waals surface area contributed by atoms with E-state index in [0.717, 1.165) is 39.3 Å². The molecule has 2 amide bonds. The van der Waals surface area contributed by atoms with Gasteiger partial charge in [0.05, 0.1) is 6.54 Å². The Hall–Kier alpha value is -1.56. The van der Waals surface area contributed by atoms with Crippen molar-refractivity contribution in [3.05, 3.63) is 18.5 Å². The van der Waals surface area contributed by atoms with E-state index in [0.29, 0.717) is 6.54 Å². The third kappa shape index (κ3) is 3.46. The number of hydrogen-bond donors (Lipinski definition) is 1. The molecule has 2 rings (SSSR count). The highest BCUT2D eigenvalue weighted by Crippen LogP contribution is 2.02. The van der Waals surface area contributed by atoms with Crippen molar-refractivity contribution in [2.24, 2.45) is 0 Å². The summed E-state index contributed by atoms with van der Waals surface area (Å²) < 4.78 is 1.94. The number of rotatable bonds is 4. The van der Waals surface area contributed by atoms with E-state index in [2.05, 4.69) is 15.3 Å². The van der Waals surface area contributed by atoms with Gasteiger partial charge >= 0.3 is 6.03 Å². The maximum atomic E-state index is 11.6. The highest BCUT2D eigenvalue weighted by atomic mass is 16.2. The van der Waals surface area contributed by atoms with Crippen LogP contribution in [0.15, 0.2) is 18.5 Å². The van der Waals surface area contributed by atoms with Crippen LogP contribution in [0.3, 0.4) is 0 Å². The summed E-state index contributed by atoms with van der Waals surface area (Å²) in [5.74, 6) is 0. The van der Waals surface area contributed by atoms with Gasteiger partial charge < -0.3 is 10.2 Å². The second kappa shape index (κ2) is 6.39. The fourth-order valence-corrected chi connectivity index (χ4v) is 2.11. The summed E-state index contributed by atoms with van der Waals surface area (Å²) in [5, 5.41) is 7.02. The SMILES string of the molecule is CCNC(=O)N1CCN(CCn2cccn2)CC1. The monoisotopic (exact) mass is 251 g/mol. The molecule has 1 aromatic rings. The van der Waals surface area contributed by atoms with Gasteiger partial charge in [0.2, 0.25) is 0 Å². The van der Waals surface area contributed by atoms with Crippen molar-refractivity contribution in [2.45, 2.75) is 13.5 Å². The van der Waals surface area contributed by atoms with Crippen molar-refractivity contribution in [1.29, 1.82) is 0 Å². The van der Waals surface area contributed by atoms with E-state index in [9.17, 15) is 4.79 Å². The molecule has 0 bridgehead atoms. The van der Waals surface area contributed by atoms with Crippen LogP contribution in [0.4, 0.5) is 4.79 Å². The number of amides is 2. The van der Waals surface area contributed by atoms with Crippen LogP contribution in [-0.4, -0.2) is 64.9 Å². The Morgan fingerprint density at radius 3 is 2.67 bits per heavy atom. The lowest BCUT2D eigenvalue weighted by Gasteiger charge is -2.34. The highest BCUT2D eigenvalue weighted by molar-refractivity contribution is 5.74. The largest absolute Gasteiger partial charge is 0.338 e. The number of nitrogens with zero attached hydrogens (tertiary/aromatic N) is 4. The van der Waals surface area contributed by atoms with Crippen LogP contribution >= 0.6 is 0 Å². The Kier molecular flexibility index (Phi) is 4.58. The molecular weight excluding hydrogens is 230 g/mol. The van der Waals surface area contributed by atoms with Gasteiger partial charge in [0, 0.05) is 51.7 Å². The lowest BCUT2D eigenvalue weighted by Crippen LogP contribution is -2.52. The number of carbonyl (C=O) groups excluding carboxylic acids is 1. The van der Waals surface area contributed by atoms with Crippen LogP contribution in [0.25, 0.3) is 0 Å². The summed E-state index contributed by atoms with van der Waals surface area (Å²) >= 11 is 0. The minimum Gasteiger partial charge on any atom is -0.338 e. The van der Waals surface area contributed by atoms with Crippen molar-refractivity contribution < 1.29 is 4.79 Å². The predicted molar refractivity (Wildman–Crippen MR) is 69.3 cm³/mol. The molecule has 2 heterocycles. The molecule has 1 N–H and O–H groups in total. The molecule has 0 unspecified atom stereocenters. The Morgan fingerprint density at radius 2 is 2.06 bits per heavy atom. The Labute approximate surface area is 108 Å². The summed E-state index contributed by atoms with van der Waals surface area (Å²) in [4.78, 5) is 15.9. The zero-order valence-electron chi connectivity index (χ0n) is 10.9. The number of urea groups is 1. The highest BCUT2D eigenvalue weighted by Gasteiger charge is 2.20. The molecule has 0 spiro atoms. The molecule has 100 valence electrons. The second-order valence-corrected chi connectivity index (χ2v) is 4.43. The summed E-state index contributed by atoms with van der Waals surface area (Å²) in [6.07, 6.45) is 3.78. The zero-order valence-corrected chi connectivity index (χ0v) is 10.9. The molecule has 0 aliphatic carbocycles. The maximum Gasteiger partial charge on any atom is 0.317 e. The molecular formula is C12H21N5O. The fourth-order valence-electron chi connectivity index (χ4n) is 2.11. The van der Waals surface area contributed by atoms with Crippen molar-refractivity contribution in [3.63, 3.8) is 0 Å². The van der Waals surface area contributed by atoms with E-state index in [1.807, 2.05) is 28.8 Å². The first-order valence-electron chi connectivity index (χ1n) is 6.52. The Morgan fingerprint density at radius 1 is 1.28 bits per heavy atom. The molecule has 6 heteroatoms. The summed E-state index contributed by atoms with van der Waals surface area (Å²) in [6, 6.07) is 2.00. The van der Waals surface area contributed by atoms with E-state index in [-0.39, 0.29) is 6.03 Å². The number of nitrogens with one attached hydrogen (secondary N) is 1. The van der Waals surface area contributed by atoms with Gasteiger partial charge in [-0.25, -0.2) is 4.79 Å². The fraction of sp³-hybridized carbons (Fsp3) is 0.667. The average Bonchev–Trinajstić information content (AvgIpc) is 2.90. The number of hydrogen-bond acceptors (Lipinski definition) is 3. The van der Waals surface area contributed by atoms with E-state index in [1.54, 1.807) is 6.20 Å². The van der Waals surface area contributed by atoms with E-state index < -0.39 is 0 Å². The topological polar surface area (TPSA) is 53.4 Å². The van der Waals surface area contributed by atoms with Crippen LogP contribution in [-0.2, 0) is 6.54 Å². The standard InChI is InChI=1S/C12H21N5O/c1-2-13-12(18)16-9-6-15(7-10-16)8-11-17-5-3-4-14-17/h3-5H,2,6-11H2,1H3,(H,13,18). The van der Waals surface area contributed by atoms with Crippen molar-refractivity contribution in [1.82, 2.24) is 24.9 Å². The summed E-state index contributed by atoms with van der Waals surface area (Å²) in [7, 11) is 0. The molecule has 1 aromatic heterocycles. The van der Waals surface area contributed by atoms with Gasteiger partial charge in [-0.2, -0.15) is 5.10 Å². The molecule has 18 heavy (non-hydrogen) atoms. The molecule has 1 saturated heterocycles. The van der Waals surface area contributed by atoms with Crippen LogP contribution in [0.2, 0.25) is 0 Å². The smallest absolute Gasteiger partial charge is 0.317 e. The summed E-state index contributed by atoms with van der Waals surface area (Å²) in [5.41, 5.74) is 0. The average molecular weight is 251 g/mol.